The van der Waals surface area contributed by atoms with E-state index in [1.54, 1.807) is 0 Å². The molecule has 0 aliphatic carbocycles. The van der Waals surface area contributed by atoms with E-state index in [1.807, 2.05) is 0 Å². The van der Waals surface area contributed by atoms with Gasteiger partial charge in [0.2, 0.25) is 0 Å². The molecule has 0 aromatic rings. The molecule has 0 aliphatic heterocycles. The van der Waals surface area contributed by atoms with E-state index in [0.29, 0.717) is 0 Å². The quantitative estimate of drug-likeness (QED) is 0.605. The molecule has 1 N–H and O–H groups in total. The Morgan fingerprint density at radius 1 is 1.25 bits per heavy atom. The van der Waals surface area contributed by atoms with Gasteiger partial charge in [0.15, 0.2) is 0 Å². The Bertz CT molecular complexity index is 8.00. The van der Waals surface area contributed by atoms with Gasteiger partial charge in [0.25, 0.3) is 0 Å². The maximum atomic E-state index is 5.25. The van der Waals surface area contributed by atoms with Gasteiger partial charge in [-0.2, -0.15) is 0 Å². The van der Waals surface area contributed by atoms with Crippen LogP contribution in [0.2, 0.25) is 0 Å². The van der Waals surface area contributed by atoms with Crippen LogP contribution in [0.5, 0.6) is 0 Å². The smallest absolute Gasteiger partial charge is 0 e. The first-order valence-corrected chi connectivity index (χ1v) is 0.289. The van der Waals surface area contributed by atoms with E-state index in [9.17, 15) is 0 Å². The van der Waals surface area contributed by atoms with Crippen LogP contribution in [0.15, 0.2) is 0 Å². The van der Waals surface area contributed by atoms with Crippen LogP contribution < -0.4 is 0 Å². The summed E-state index contributed by atoms with van der Waals surface area (Å²) in [5.41, 5.74) is 0. The molecular weight excluding hydrogens is 298 g/mol. The van der Waals surface area contributed by atoms with Crippen LogP contribution in [0.4, 0.5) is 0 Å². The number of hydrogen-bond acceptors (Lipinski definition) is 1. The molecule has 0 atom stereocenters. The van der Waals surface area contributed by atoms with Crippen LogP contribution in [0.1, 0.15) is 0 Å². The van der Waals surface area contributed by atoms with Crippen molar-refractivity contribution in [2.75, 3.05) is 0 Å². The summed E-state index contributed by atoms with van der Waals surface area (Å²) in [6.45, 7) is 0. The van der Waals surface area contributed by atoms with Crippen LogP contribution in [0, 0.1) is 5.31 Å². The molecule has 0 fully saturated rings. The molecular formula is HBNWY. The van der Waals surface area contributed by atoms with Gasteiger partial charge in [-0.05, 0) is 0 Å². The van der Waals surface area contributed by atoms with Crippen molar-refractivity contribution < 1.29 is 53.8 Å². The Labute approximate surface area is 66.0 Å². The van der Waals surface area contributed by atoms with Crippen molar-refractivity contribution in [1.82, 2.24) is 0 Å². The van der Waals surface area contributed by atoms with Gasteiger partial charge in [0, 0.05) is 53.8 Å². The molecule has 0 bridgehead atoms. The van der Waals surface area contributed by atoms with Crippen LogP contribution in [0.3, 0.4) is 0 Å². The third kappa shape index (κ3) is 9.40. The summed E-state index contributed by atoms with van der Waals surface area (Å²) in [6.07, 6.45) is 0. The zero-order valence-electron chi connectivity index (χ0n) is 2.06. The molecule has 0 amide bonds. The minimum atomic E-state index is 0. The predicted octanol–water partition coefficient (Wildman–Crippen LogP) is -0.0877. The van der Waals surface area contributed by atoms with Gasteiger partial charge in [0.05, 0.1) is 0 Å². The van der Waals surface area contributed by atoms with Crippen molar-refractivity contribution in [2.45, 2.75) is 0 Å². The summed E-state index contributed by atoms with van der Waals surface area (Å²) in [7, 11) is 3.75. The molecule has 4 heavy (non-hydrogen) atoms. The van der Waals surface area contributed by atoms with E-state index in [2.05, 4.69) is 7.64 Å². The van der Waals surface area contributed by atoms with Crippen molar-refractivity contribution in [3.8, 4) is 0 Å². The van der Waals surface area contributed by atoms with E-state index in [4.69, 9.17) is 5.31 Å². The third-order valence-corrected chi connectivity index (χ3v) is 0. The minimum Gasteiger partial charge on any atom is 0 e. The van der Waals surface area contributed by atoms with E-state index in [-0.39, 0.29) is 53.8 Å². The minimum absolute atomic E-state index is 0. The first-order chi connectivity index (χ1) is 1.00. The number of hydrogen-bond donors (Lipinski definition) is 1. The Hall–Kier alpha value is 1.66. The van der Waals surface area contributed by atoms with E-state index in [0.717, 1.165) is 0 Å². The molecule has 1 nitrogen and oxygen atoms in total. The van der Waals surface area contributed by atoms with Gasteiger partial charge in [-0.3, -0.25) is 0 Å². The fourth-order valence-corrected chi connectivity index (χ4v) is 0. The summed E-state index contributed by atoms with van der Waals surface area (Å²) in [5, 5.41) is 5.25. The standard InChI is InChI=1S/BHN.W.Y/c1-2;;/h2H;;. The average molecular weight is 299 g/mol. The predicted molar refractivity (Wildman–Crippen MR) is 8.47 cm³/mol. The second kappa shape index (κ2) is 22.7. The monoisotopic (exact) mass is 299 g/mol. The summed E-state index contributed by atoms with van der Waals surface area (Å²) in [6, 6.07) is 0. The molecule has 18 valence electrons. The molecule has 0 aromatic heterocycles. The summed E-state index contributed by atoms with van der Waals surface area (Å²) in [5.74, 6) is 0. The Morgan fingerprint density at radius 2 is 1.25 bits per heavy atom. The second-order valence-electron chi connectivity index (χ2n) is 0. The van der Waals surface area contributed by atoms with E-state index in [1.165, 1.54) is 0 Å². The topological polar surface area (TPSA) is 23.9 Å². The molecule has 0 unspecified atom stereocenters. The summed E-state index contributed by atoms with van der Waals surface area (Å²) in [4.78, 5) is 0. The second-order valence-corrected chi connectivity index (χ2v) is 0. The summed E-state index contributed by atoms with van der Waals surface area (Å²) >= 11 is 0. The van der Waals surface area contributed by atoms with Crippen LogP contribution >= 0.6 is 0 Å². The largest absolute Gasteiger partial charge is 0 e. The molecule has 0 saturated carbocycles. The molecule has 0 spiro atoms. The van der Waals surface area contributed by atoms with Gasteiger partial charge >= 0.3 is 13.0 Å². The van der Waals surface area contributed by atoms with Crippen LogP contribution in [0.25, 0.3) is 0 Å². The van der Waals surface area contributed by atoms with Crippen molar-refractivity contribution in [3.63, 3.8) is 0 Å². The van der Waals surface area contributed by atoms with Gasteiger partial charge in [-0.25, -0.2) is 0 Å². The van der Waals surface area contributed by atoms with Gasteiger partial charge in [-0.15, -0.1) is 0 Å². The normalized spacial score (nSPS) is 0.750. The van der Waals surface area contributed by atoms with Gasteiger partial charge in [-0.1, -0.05) is 0 Å². The zero-order valence-corrected chi connectivity index (χ0v) is 7.83. The first kappa shape index (κ1) is 17.4. The molecule has 0 aromatic carbocycles. The van der Waals surface area contributed by atoms with Gasteiger partial charge in [0.1, 0.15) is 0 Å². The molecule has 0 heterocycles. The molecule has 0 aliphatic rings. The molecule has 0 rings (SSSR count). The van der Waals surface area contributed by atoms with Crippen LogP contribution in [-0.4, -0.2) is 7.64 Å². The third-order valence-electron chi connectivity index (χ3n) is 0. The fraction of sp³-hybridized carbons (Fsp3) is 0. The molecule has 0 saturated heterocycles. The number of nitrogens with one attached hydrogen (secondary N) is 1. The molecule has 2 radical (unpaired) electrons. The summed E-state index contributed by atoms with van der Waals surface area (Å²) < 4.78 is 0. The SMILES string of the molecule is [B]=N.[W].[Y]. The van der Waals surface area contributed by atoms with E-state index >= 15 is 0 Å². The average Bonchev–Trinajstić information content (AvgIpc) is 1.00. The maximum Gasteiger partial charge on any atom is 0 e. The van der Waals surface area contributed by atoms with Crippen LogP contribution in [-0.2, 0) is 53.8 Å². The molecule has 4 heteroatoms. The number of rotatable bonds is 0. The Kier molecular flexibility index (Phi) is 98.5. The Morgan fingerprint density at radius 3 is 1.25 bits per heavy atom. The fourth-order valence-electron chi connectivity index (χ4n) is 0. The first-order valence-electron chi connectivity index (χ1n) is 0.289. The van der Waals surface area contributed by atoms with Gasteiger partial charge < -0.3 is 0 Å². The van der Waals surface area contributed by atoms with Crippen molar-refractivity contribution in [1.29, 1.82) is 5.31 Å². The van der Waals surface area contributed by atoms with Crippen molar-refractivity contribution in [2.24, 2.45) is 0 Å². The van der Waals surface area contributed by atoms with Crippen molar-refractivity contribution in [3.05, 3.63) is 0 Å². The zero-order chi connectivity index (χ0) is 2.00. The van der Waals surface area contributed by atoms with E-state index < -0.39 is 0 Å². The maximum absolute atomic E-state index is 5.25. The Balaban J connectivity index is -0.00000000500. The van der Waals surface area contributed by atoms with Crippen molar-refractivity contribution >= 4 is 7.64 Å².